The fourth-order valence-electron chi connectivity index (χ4n) is 2.00. The molecule has 0 aliphatic heterocycles. The van der Waals surface area contributed by atoms with Crippen LogP contribution in [0, 0.1) is 0 Å². The van der Waals surface area contributed by atoms with Crippen LogP contribution in [0.25, 0.3) is 0 Å². The van der Waals surface area contributed by atoms with Crippen LogP contribution >= 0.6 is 0 Å². The highest BCUT2D eigenvalue weighted by Crippen LogP contribution is 2.17. The van der Waals surface area contributed by atoms with Crippen LogP contribution in [0.1, 0.15) is 5.56 Å². The van der Waals surface area contributed by atoms with Crippen molar-refractivity contribution in [1.29, 1.82) is 0 Å². The Balaban J connectivity index is 1.81. The van der Waals surface area contributed by atoms with Crippen molar-refractivity contribution < 1.29 is 14.6 Å². The Morgan fingerprint density at radius 1 is 1.00 bits per heavy atom. The first-order valence-electron chi connectivity index (χ1n) is 6.93. The van der Waals surface area contributed by atoms with Crippen LogP contribution in [0.4, 0.5) is 0 Å². The molecule has 2 unspecified atom stereocenters. The maximum atomic E-state index is 10.1. The van der Waals surface area contributed by atoms with Crippen molar-refractivity contribution in [2.45, 2.75) is 18.6 Å². The fourth-order valence-corrected chi connectivity index (χ4v) is 2.00. The average molecular weight is 287 g/mol. The summed E-state index contributed by atoms with van der Waals surface area (Å²) in [5, 5.41) is 10.1. The van der Waals surface area contributed by atoms with Crippen molar-refractivity contribution in [2.24, 2.45) is 5.73 Å². The first kappa shape index (κ1) is 15.4. The molecule has 21 heavy (non-hydrogen) atoms. The predicted octanol–water partition coefficient (Wildman–Crippen LogP) is 2.00. The first-order chi connectivity index (χ1) is 10.2. The zero-order chi connectivity index (χ0) is 15.1. The minimum atomic E-state index is -0.715. The smallest absolute Gasteiger partial charge is 0.119 e. The van der Waals surface area contributed by atoms with Gasteiger partial charge in [-0.15, -0.1) is 0 Å². The molecular weight excluding hydrogens is 266 g/mol. The van der Waals surface area contributed by atoms with Crippen LogP contribution in [0.2, 0.25) is 0 Å². The molecule has 0 aliphatic rings. The number of benzene rings is 2. The second-order valence-electron chi connectivity index (χ2n) is 4.91. The molecule has 4 nitrogen and oxygen atoms in total. The second kappa shape index (κ2) is 7.67. The van der Waals surface area contributed by atoms with E-state index in [-0.39, 0.29) is 12.6 Å². The molecule has 0 aromatic heterocycles. The van der Waals surface area contributed by atoms with E-state index in [0.29, 0.717) is 12.2 Å². The Hall–Kier alpha value is -2.04. The summed E-state index contributed by atoms with van der Waals surface area (Å²) in [5.74, 6) is 1.45. The number of rotatable bonds is 7. The fraction of sp³-hybridized carbons (Fsp3) is 0.294. The topological polar surface area (TPSA) is 64.7 Å². The molecule has 112 valence electrons. The summed E-state index contributed by atoms with van der Waals surface area (Å²) in [7, 11) is 1.61. The molecule has 4 heteroatoms. The van der Waals surface area contributed by atoms with E-state index in [2.05, 4.69) is 0 Å². The van der Waals surface area contributed by atoms with E-state index in [1.54, 1.807) is 19.2 Å². The highest BCUT2D eigenvalue weighted by Gasteiger charge is 2.16. The van der Waals surface area contributed by atoms with Gasteiger partial charge in [-0.05, 0) is 36.2 Å². The molecule has 3 N–H and O–H groups in total. The van der Waals surface area contributed by atoms with Gasteiger partial charge in [-0.1, -0.05) is 30.3 Å². The SMILES string of the molecule is COc1ccc(OCC(O)C(N)Cc2ccccc2)cc1. The molecule has 0 saturated carbocycles. The summed E-state index contributed by atoms with van der Waals surface area (Å²) in [4.78, 5) is 0. The van der Waals surface area contributed by atoms with E-state index in [9.17, 15) is 5.11 Å². The largest absolute Gasteiger partial charge is 0.497 e. The third kappa shape index (κ3) is 4.77. The van der Waals surface area contributed by atoms with Gasteiger partial charge in [-0.2, -0.15) is 0 Å². The van der Waals surface area contributed by atoms with Crippen molar-refractivity contribution >= 4 is 0 Å². The third-order valence-electron chi connectivity index (χ3n) is 3.29. The third-order valence-corrected chi connectivity index (χ3v) is 3.29. The Labute approximate surface area is 125 Å². The number of methoxy groups -OCH3 is 1. The van der Waals surface area contributed by atoms with Crippen molar-refractivity contribution in [3.63, 3.8) is 0 Å². The van der Waals surface area contributed by atoms with Gasteiger partial charge >= 0.3 is 0 Å². The number of hydrogen-bond donors (Lipinski definition) is 2. The lowest BCUT2D eigenvalue weighted by Crippen LogP contribution is -2.40. The van der Waals surface area contributed by atoms with Crippen LogP contribution in [-0.4, -0.2) is 31.0 Å². The van der Waals surface area contributed by atoms with Gasteiger partial charge in [0.05, 0.1) is 7.11 Å². The number of aliphatic hydroxyl groups is 1. The Morgan fingerprint density at radius 2 is 1.62 bits per heavy atom. The number of ether oxygens (including phenoxy) is 2. The lowest BCUT2D eigenvalue weighted by molar-refractivity contribution is 0.0851. The van der Waals surface area contributed by atoms with Crippen molar-refractivity contribution in [3.8, 4) is 11.5 Å². The van der Waals surface area contributed by atoms with Gasteiger partial charge in [0.15, 0.2) is 0 Å². The van der Waals surface area contributed by atoms with Gasteiger partial charge in [0, 0.05) is 6.04 Å². The minimum absolute atomic E-state index is 0.167. The Bertz CT molecular complexity index is 527. The molecule has 0 amide bonds. The van der Waals surface area contributed by atoms with E-state index < -0.39 is 6.10 Å². The Kier molecular flexibility index (Phi) is 5.60. The molecule has 0 radical (unpaired) electrons. The van der Waals surface area contributed by atoms with Crippen molar-refractivity contribution in [3.05, 3.63) is 60.2 Å². The zero-order valence-electron chi connectivity index (χ0n) is 12.1. The summed E-state index contributed by atoms with van der Waals surface area (Å²) >= 11 is 0. The predicted molar refractivity (Wildman–Crippen MR) is 82.6 cm³/mol. The highest BCUT2D eigenvalue weighted by atomic mass is 16.5. The van der Waals surface area contributed by atoms with Crippen LogP contribution in [0.5, 0.6) is 11.5 Å². The van der Waals surface area contributed by atoms with Gasteiger partial charge in [-0.3, -0.25) is 0 Å². The summed E-state index contributed by atoms with van der Waals surface area (Å²) < 4.78 is 10.6. The quantitative estimate of drug-likeness (QED) is 0.817. The van der Waals surface area contributed by atoms with E-state index in [0.717, 1.165) is 11.3 Å². The molecule has 0 aliphatic carbocycles. The average Bonchev–Trinajstić information content (AvgIpc) is 2.54. The van der Waals surface area contributed by atoms with Gasteiger partial charge in [0.25, 0.3) is 0 Å². The summed E-state index contributed by atoms with van der Waals surface area (Å²) in [5.41, 5.74) is 7.11. The Morgan fingerprint density at radius 3 is 2.24 bits per heavy atom. The van der Waals surface area contributed by atoms with Gasteiger partial charge < -0.3 is 20.3 Å². The number of nitrogens with two attached hydrogens (primary N) is 1. The van der Waals surface area contributed by atoms with Crippen molar-refractivity contribution in [1.82, 2.24) is 0 Å². The molecule has 2 aromatic carbocycles. The van der Waals surface area contributed by atoms with E-state index in [4.69, 9.17) is 15.2 Å². The van der Waals surface area contributed by atoms with E-state index in [1.807, 2.05) is 42.5 Å². The molecule has 0 heterocycles. The number of aliphatic hydroxyl groups excluding tert-OH is 1. The molecular formula is C17H21NO3. The zero-order valence-corrected chi connectivity index (χ0v) is 12.1. The van der Waals surface area contributed by atoms with Crippen LogP contribution in [0.15, 0.2) is 54.6 Å². The highest BCUT2D eigenvalue weighted by molar-refractivity contribution is 5.31. The normalized spacial score (nSPS) is 13.5. The molecule has 2 aromatic rings. The van der Waals surface area contributed by atoms with Crippen LogP contribution in [0.3, 0.4) is 0 Å². The number of hydrogen-bond acceptors (Lipinski definition) is 4. The summed E-state index contributed by atoms with van der Waals surface area (Å²) in [6.45, 7) is 0.167. The summed E-state index contributed by atoms with van der Waals surface area (Å²) in [6, 6.07) is 16.7. The van der Waals surface area contributed by atoms with Gasteiger partial charge in [0.1, 0.15) is 24.2 Å². The second-order valence-corrected chi connectivity index (χ2v) is 4.91. The minimum Gasteiger partial charge on any atom is -0.497 e. The lowest BCUT2D eigenvalue weighted by Gasteiger charge is -2.19. The first-order valence-corrected chi connectivity index (χ1v) is 6.93. The van der Waals surface area contributed by atoms with Crippen molar-refractivity contribution in [2.75, 3.05) is 13.7 Å². The maximum absolute atomic E-state index is 10.1. The van der Waals surface area contributed by atoms with E-state index in [1.165, 1.54) is 0 Å². The standard InChI is InChI=1S/C17H21NO3/c1-20-14-7-9-15(10-8-14)21-12-17(19)16(18)11-13-5-3-2-4-6-13/h2-10,16-17,19H,11-12,18H2,1H3. The molecule has 2 atom stereocenters. The lowest BCUT2D eigenvalue weighted by atomic mass is 10.0. The van der Waals surface area contributed by atoms with Gasteiger partial charge in [0.2, 0.25) is 0 Å². The maximum Gasteiger partial charge on any atom is 0.119 e. The molecule has 0 bridgehead atoms. The molecule has 2 rings (SSSR count). The van der Waals surface area contributed by atoms with E-state index >= 15 is 0 Å². The molecule has 0 saturated heterocycles. The monoisotopic (exact) mass is 287 g/mol. The molecule has 0 fully saturated rings. The van der Waals surface area contributed by atoms with Crippen LogP contribution in [-0.2, 0) is 6.42 Å². The van der Waals surface area contributed by atoms with Gasteiger partial charge in [-0.25, -0.2) is 0 Å². The van der Waals surface area contributed by atoms with Crippen LogP contribution < -0.4 is 15.2 Å². The molecule has 0 spiro atoms. The summed E-state index contributed by atoms with van der Waals surface area (Å²) in [6.07, 6.45) is -0.0964.